The Kier molecular flexibility index (Phi) is 4.22. The van der Waals surface area contributed by atoms with Crippen LogP contribution in [0, 0.1) is 17.2 Å². The number of amidine groups is 1. The van der Waals surface area contributed by atoms with E-state index in [9.17, 15) is 0 Å². The van der Waals surface area contributed by atoms with Gasteiger partial charge >= 0.3 is 0 Å². The number of ether oxygens (including phenoxy) is 1. The molecule has 2 aliphatic rings. The van der Waals surface area contributed by atoms with Crippen molar-refractivity contribution >= 4 is 5.84 Å². The summed E-state index contributed by atoms with van der Waals surface area (Å²) < 4.78 is 5.20. The number of hydrogen-bond acceptors (Lipinski definition) is 2. The molecule has 0 bridgehead atoms. The lowest BCUT2D eigenvalue weighted by Crippen LogP contribution is -2.35. The van der Waals surface area contributed by atoms with Crippen LogP contribution in [0.2, 0.25) is 0 Å². The third-order valence-electron chi connectivity index (χ3n) is 4.02. The Morgan fingerprint density at radius 3 is 2.69 bits per heavy atom. The lowest BCUT2D eigenvalue weighted by atomic mass is 9.88. The lowest BCUT2D eigenvalue weighted by Gasteiger charge is -2.29. The number of methoxy groups -OCH3 is 1. The molecule has 1 aliphatic heterocycles. The molecular weight excluding hydrogens is 200 g/mol. The average molecular weight is 224 g/mol. The minimum atomic E-state index is 0.551. The minimum Gasteiger partial charge on any atom is -0.384 e. The number of likely N-dealkylation sites (tertiary alicyclic amines) is 1. The fourth-order valence-corrected chi connectivity index (χ4v) is 3.06. The summed E-state index contributed by atoms with van der Waals surface area (Å²) >= 11 is 0. The molecule has 0 radical (unpaired) electrons. The standard InChI is InChI=1S/C13H24N2O/c1-16-10-11-7-8-15(9-11)13(14)12-5-3-2-4-6-12/h11-12,14H,2-10H2,1H3. The maximum absolute atomic E-state index is 8.29. The molecule has 2 rings (SSSR count). The maximum atomic E-state index is 8.29. The van der Waals surface area contributed by atoms with Gasteiger partial charge in [0.2, 0.25) is 0 Å². The highest BCUT2D eigenvalue weighted by Crippen LogP contribution is 2.28. The van der Waals surface area contributed by atoms with Crippen LogP contribution in [0.5, 0.6) is 0 Å². The zero-order chi connectivity index (χ0) is 11.4. The molecule has 1 heterocycles. The molecule has 1 saturated carbocycles. The molecule has 0 amide bonds. The molecule has 3 nitrogen and oxygen atoms in total. The summed E-state index contributed by atoms with van der Waals surface area (Å²) in [6.07, 6.45) is 7.69. The van der Waals surface area contributed by atoms with Crippen LogP contribution >= 0.6 is 0 Å². The third kappa shape index (κ3) is 2.76. The van der Waals surface area contributed by atoms with Gasteiger partial charge < -0.3 is 9.64 Å². The van der Waals surface area contributed by atoms with Gasteiger partial charge in [-0.3, -0.25) is 5.41 Å². The van der Waals surface area contributed by atoms with Crippen molar-refractivity contribution in [3.63, 3.8) is 0 Å². The summed E-state index contributed by atoms with van der Waals surface area (Å²) in [5, 5.41) is 8.29. The highest BCUT2D eigenvalue weighted by Gasteiger charge is 2.28. The molecule has 92 valence electrons. The Morgan fingerprint density at radius 2 is 2.00 bits per heavy atom. The fraction of sp³-hybridized carbons (Fsp3) is 0.923. The van der Waals surface area contributed by atoms with Crippen molar-refractivity contribution in [2.24, 2.45) is 11.8 Å². The number of nitrogens with one attached hydrogen (secondary N) is 1. The first-order valence-corrected chi connectivity index (χ1v) is 6.63. The van der Waals surface area contributed by atoms with E-state index in [2.05, 4.69) is 4.90 Å². The molecule has 3 heteroatoms. The van der Waals surface area contributed by atoms with E-state index in [1.54, 1.807) is 7.11 Å². The van der Waals surface area contributed by atoms with Gasteiger partial charge in [0.25, 0.3) is 0 Å². The average Bonchev–Trinajstić information content (AvgIpc) is 2.78. The van der Waals surface area contributed by atoms with Gasteiger partial charge in [0, 0.05) is 32.0 Å². The molecule has 1 unspecified atom stereocenters. The number of hydrogen-bond donors (Lipinski definition) is 1. The summed E-state index contributed by atoms with van der Waals surface area (Å²) in [6.45, 7) is 2.97. The largest absolute Gasteiger partial charge is 0.384 e. The molecular formula is C13H24N2O. The first-order valence-electron chi connectivity index (χ1n) is 6.63. The Hall–Kier alpha value is -0.570. The predicted octanol–water partition coefficient (Wildman–Crippen LogP) is 2.51. The van der Waals surface area contributed by atoms with Crippen LogP contribution in [0.3, 0.4) is 0 Å². The molecule has 1 atom stereocenters. The van der Waals surface area contributed by atoms with Crippen LogP contribution in [0.25, 0.3) is 0 Å². The minimum absolute atomic E-state index is 0.551. The van der Waals surface area contributed by atoms with Crippen molar-refractivity contribution in [3.8, 4) is 0 Å². The van der Waals surface area contributed by atoms with Crippen molar-refractivity contribution in [3.05, 3.63) is 0 Å². The Labute approximate surface area is 98.7 Å². The Bertz CT molecular complexity index is 236. The number of rotatable bonds is 3. The van der Waals surface area contributed by atoms with Crippen molar-refractivity contribution in [2.75, 3.05) is 26.8 Å². The highest BCUT2D eigenvalue weighted by molar-refractivity contribution is 5.82. The smallest absolute Gasteiger partial charge is 0.0989 e. The van der Waals surface area contributed by atoms with Gasteiger partial charge in [0.15, 0.2) is 0 Å². The summed E-state index contributed by atoms with van der Waals surface area (Å²) in [5.74, 6) is 2.11. The normalized spacial score (nSPS) is 27.3. The summed E-state index contributed by atoms with van der Waals surface area (Å²) in [7, 11) is 1.77. The maximum Gasteiger partial charge on any atom is 0.0989 e. The van der Waals surface area contributed by atoms with Gasteiger partial charge in [-0.2, -0.15) is 0 Å². The van der Waals surface area contributed by atoms with E-state index in [0.29, 0.717) is 11.8 Å². The SMILES string of the molecule is COCC1CCN(C(=N)C2CCCCC2)C1. The topological polar surface area (TPSA) is 36.3 Å². The molecule has 0 aromatic rings. The van der Waals surface area contributed by atoms with Crippen LogP contribution < -0.4 is 0 Å². The fourth-order valence-electron chi connectivity index (χ4n) is 3.06. The van der Waals surface area contributed by atoms with E-state index in [4.69, 9.17) is 10.1 Å². The van der Waals surface area contributed by atoms with Crippen LogP contribution in [0.4, 0.5) is 0 Å². The van der Waals surface area contributed by atoms with E-state index in [0.717, 1.165) is 25.5 Å². The van der Waals surface area contributed by atoms with Crippen LogP contribution in [0.1, 0.15) is 38.5 Å². The summed E-state index contributed by atoms with van der Waals surface area (Å²) in [5.41, 5.74) is 0. The van der Waals surface area contributed by atoms with Crippen LogP contribution in [-0.4, -0.2) is 37.5 Å². The Balaban J connectivity index is 1.81. The monoisotopic (exact) mass is 224 g/mol. The van der Waals surface area contributed by atoms with Gasteiger partial charge in [-0.05, 0) is 19.3 Å². The van der Waals surface area contributed by atoms with E-state index >= 15 is 0 Å². The lowest BCUT2D eigenvalue weighted by molar-refractivity contribution is 0.157. The molecule has 0 aromatic carbocycles. The van der Waals surface area contributed by atoms with Crippen molar-refractivity contribution < 1.29 is 4.74 Å². The third-order valence-corrected chi connectivity index (χ3v) is 4.02. The first kappa shape index (κ1) is 11.9. The second-order valence-electron chi connectivity index (χ2n) is 5.28. The molecule has 1 aliphatic carbocycles. The summed E-state index contributed by atoms with van der Waals surface area (Å²) in [4.78, 5) is 2.29. The molecule has 0 aromatic heterocycles. The second-order valence-corrected chi connectivity index (χ2v) is 5.28. The van der Waals surface area contributed by atoms with Gasteiger partial charge in [-0.15, -0.1) is 0 Å². The van der Waals surface area contributed by atoms with Gasteiger partial charge in [-0.1, -0.05) is 19.3 Å². The van der Waals surface area contributed by atoms with E-state index in [-0.39, 0.29) is 0 Å². The molecule has 16 heavy (non-hydrogen) atoms. The summed E-state index contributed by atoms with van der Waals surface area (Å²) in [6, 6.07) is 0. The quantitative estimate of drug-likeness (QED) is 0.590. The zero-order valence-corrected chi connectivity index (χ0v) is 10.4. The van der Waals surface area contributed by atoms with Gasteiger partial charge in [0.05, 0.1) is 12.4 Å². The van der Waals surface area contributed by atoms with Crippen LogP contribution in [-0.2, 0) is 4.74 Å². The van der Waals surface area contributed by atoms with Gasteiger partial charge in [0.1, 0.15) is 0 Å². The van der Waals surface area contributed by atoms with E-state index < -0.39 is 0 Å². The molecule has 0 spiro atoms. The predicted molar refractivity (Wildman–Crippen MR) is 65.9 cm³/mol. The second kappa shape index (κ2) is 5.67. The Morgan fingerprint density at radius 1 is 1.25 bits per heavy atom. The van der Waals surface area contributed by atoms with E-state index in [1.807, 2.05) is 0 Å². The van der Waals surface area contributed by atoms with Crippen molar-refractivity contribution in [1.82, 2.24) is 4.90 Å². The van der Waals surface area contributed by atoms with Crippen molar-refractivity contribution in [2.45, 2.75) is 38.5 Å². The number of nitrogens with zero attached hydrogens (tertiary/aromatic N) is 1. The van der Waals surface area contributed by atoms with Crippen molar-refractivity contribution in [1.29, 1.82) is 5.41 Å². The molecule has 1 saturated heterocycles. The van der Waals surface area contributed by atoms with E-state index in [1.165, 1.54) is 38.5 Å². The van der Waals surface area contributed by atoms with Crippen LogP contribution in [0.15, 0.2) is 0 Å². The molecule has 2 fully saturated rings. The zero-order valence-electron chi connectivity index (χ0n) is 10.4. The highest BCUT2D eigenvalue weighted by atomic mass is 16.5. The molecule has 1 N–H and O–H groups in total. The van der Waals surface area contributed by atoms with Gasteiger partial charge in [-0.25, -0.2) is 0 Å². The first-order chi connectivity index (χ1) is 7.81.